The number of anilines is 1. The molecular weight excluding hydrogens is 516 g/mol. The van der Waals surface area contributed by atoms with Gasteiger partial charge in [0.05, 0.1) is 18.6 Å². The van der Waals surface area contributed by atoms with Crippen molar-refractivity contribution in [3.05, 3.63) is 22.8 Å². The second kappa shape index (κ2) is 17.2. The van der Waals surface area contributed by atoms with E-state index in [9.17, 15) is 34.5 Å². The lowest BCUT2D eigenvalue weighted by molar-refractivity contribution is -0.131. The Kier molecular flexibility index (Phi) is 15.2. The topological polar surface area (TPSA) is 176 Å². The number of ketones is 4. The molecule has 40 heavy (non-hydrogen) atoms. The van der Waals surface area contributed by atoms with Gasteiger partial charge in [-0.25, -0.2) is 0 Å². The summed E-state index contributed by atoms with van der Waals surface area (Å²) < 4.78 is 0. The lowest BCUT2D eigenvalue weighted by Crippen LogP contribution is -2.33. The summed E-state index contributed by atoms with van der Waals surface area (Å²) in [7, 11) is 5.62. The van der Waals surface area contributed by atoms with Crippen LogP contribution in [0.3, 0.4) is 0 Å². The first-order chi connectivity index (χ1) is 18.5. The van der Waals surface area contributed by atoms with E-state index in [-0.39, 0.29) is 74.9 Å². The van der Waals surface area contributed by atoms with Crippen LogP contribution in [0.1, 0.15) is 82.6 Å². The lowest BCUT2D eigenvalue weighted by Gasteiger charge is -2.33. The van der Waals surface area contributed by atoms with Crippen LogP contribution < -0.4 is 10.2 Å². The van der Waals surface area contributed by atoms with Crippen molar-refractivity contribution in [3.63, 3.8) is 0 Å². The minimum atomic E-state index is -0.780. The van der Waals surface area contributed by atoms with Crippen molar-refractivity contribution >= 4 is 28.8 Å². The highest BCUT2D eigenvalue weighted by Crippen LogP contribution is 2.42. The molecule has 1 aromatic carbocycles. The number of aryl methyl sites for hydroxylation is 1. The van der Waals surface area contributed by atoms with Gasteiger partial charge in [0.15, 0.2) is 5.78 Å². The standard InChI is InChI=1S/C30H46N2O7.H2O.2H2/c1-19(35)13-27(37)25(18-34)21(10-12-33)14-20-15-24-26(32(3)4)17-22(30(39)29(24)28(38)16-20)8-9-23(36)7-5-6-11-31-2;;;/h17,20-21,25,31,33-34,39H,5-16,18H2,1-4H3;1H2;2*1H. The average molecular weight is 569 g/mol. The zero-order valence-corrected chi connectivity index (χ0v) is 24.4. The molecule has 0 bridgehead atoms. The van der Waals surface area contributed by atoms with E-state index in [1.54, 1.807) is 0 Å². The lowest BCUT2D eigenvalue weighted by atomic mass is 9.73. The second-order valence-electron chi connectivity index (χ2n) is 11.1. The fraction of sp³-hybridized carbons (Fsp3) is 0.667. The number of phenolic OH excluding ortho intramolecular Hbond substituents is 1. The van der Waals surface area contributed by atoms with Crippen molar-refractivity contribution in [2.24, 2.45) is 17.8 Å². The number of benzene rings is 1. The van der Waals surface area contributed by atoms with Crippen LogP contribution in [-0.2, 0) is 27.2 Å². The SMILES string of the molecule is CNCCCCC(=O)CCc1cc(N(C)C)c2c(c1O)C(=O)CC(CC(CCO)C(CO)C(=O)CC(C)=O)C2.O.[HH].[HH]. The van der Waals surface area contributed by atoms with Crippen molar-refractivity contribution in [2.45, 2.75) is 71.1 Å². The number of hydrogen-bond acceptors (Lipinski definition) is 9. The van der Waals surface area contributed by atoms with Crippen molar-refractivity contribution in [3.8, 4) is 5.75 Å². The summed E-state index contributed by atoms with van der Waals surface area (Å²) in [4.78, 5) is 51.8. The Balaban J connectivity index is 0. The van der Waals surface area contributed by atoms with Crippen molar-refractivity contribution < 1.29 is 42.8 Å². The van der Waals surface area contributed by atoms with Crippen LogP contribution in [0, 0.1) is 17.8 Å². The molecule has 3 unspecified atom stereocenters. The van der Waals surface area contributed by atoms with Crippen molar-refractivity contribution in [1.29, 1.82) is 0 Å². The maximum Gasteiger partial charge on any atom is 0.167 e. The van der Waals surface area contributed by atoms with Crippen LogP contribution >= 0.6 is 0 Å². The highest BCUT2D eigenvalue weighted by atomic mass is 16.3. The number of Topliss-reactive ketones (excluding diaryl/α,β-unsaturated/α-hetero) is 4. The molecule has 0 radical (unpaired) electrons. The first kappa shape index (κ1) is 35.4. The van der Waals surface area contributed by atoms with E-state index in [1.807, 2.05) is 32.1 Å². The Hall–Kier alpha value is -2.66. The Morgan fingerprint density at radius 3 is 2.42 bits per heavy atom. The predicted octanol–water partition coefficient (Wildman–Crippen LogP) is 2.31. The van der Waals surface area contributed by atoms with Gasteiger partial charge in [0.1, 0.15) is 23.1 Å². The molecule has 0 saturated carbocycles. The maximum absolute atomic E-state index is 13.4. The minimum absolute atomic E-state index is 0. The number of carbonyl (C=O) groups excluding carboxylic acids is 4. The Labute approximate surface area is 240 Å². The van der Waals surface area contributed by atoms with Crippen LogP contribution in [0.5, 0.6) is 5.75 Å². The molecule has 3 atom stereocenters. The first-order valence-corrected chi connectivity index (χ1v) is 14.0. The van der Waals surface area contributed by atoms with Crippen LogP contribution in [0.25, 0.3) is 0 Å². The third kappa shape index (κ3) is 9.76. The number of hydrogen-bond donors (Lipinski definition) is 4. The summed E-state index contributed by atoms with van der Waals surface area (Å²) in [5.74, 6) is -2.05. The maximum atomic E-state index is 13.4. The molecular formula is C30H52N2O8. The van der Waals surface area contributed by atoms with E-state index in [2.05, 4.69) is 5.32 Å². The number of nitrogens with zero attached hydrogens (tertiary/aromatic N) is 1. The van der Waals surface area contributed by atoms with Gasteiger partial charge in [0.25, 0.3) is 0 Å². The number of nitrogens with one attached hydrogen (secondary N) is 1. The highest BCUT2D eigenvalue weighted by Gasteiger charge is 2.36. The van der Waals surface area contributed by atoms with Gasteiger partial charge < -0.3 is 31.0 Å². The minimum Gasteiger partial charge on any atom is -0.507 e. The van der Waals surface area contributed by atoms with Crippen LogP contribution in [0.4, 0.5) is 5.69 Å². The highest BCUT2D eigenvalue weighted by molar-refractivity contribution is 6.03. The van der Waals surface area contributed by atoms with Gasteiger partial charge in [-0.15, -0.1) is 0 Å². The molecule has 0 heterocycles. The molecule has 0 amide bonds. The predicted molar refractivity (Wildman–Crippen MR) is 158 cm³/mol. The molecule has 2 rings (SSSR count). The molecule has 0 aliphatic heterocycles. The molecule has 0 saturated heterocycles. The summed E-state index contributed by atoms with van der Waals surface area (Å²) in [6, 6.07) is 1.86. The molecule has 0 fully saturated rings. The van der Waals surface area contributed by atoms with E-state index in [4.69, 9.17) is 0 Å². The molecule has 0 spiro atoms. The van der Waals surface area contributed by atoms with E-state index in [0.29, 0.717) is 43.2 Å². The van der Waals surface area contributed by atoms with Crippen LogP contribution in [0.2, 0.25) is 0 Å². The van der Waals surface area contributed by atoms with E-state index in [1.165, 1.54) is 6.92 Å². The largest absolute Gasteiger partial charge is 0.507 e. The Morgan fingerprint density at radius 1 is 1.15 bits per heavy atom. The van der Waals surface area contributed by atoms with Gasteiger partial charge in [-0.3, -0.25) is 19.2 Å². The van der Waals surface area contributed by atoms with E-state index < -0.39 is 12.5 Å². The molecule has 1 aliphatic carbocycles. The zero-order chi connectivity index (χ0) is 29.1. The van der Waals surface area contributed by atoms with Crippen molar-refractivity contribution in [1.82, 2.24) is 5.32 Å². The number of unbranched alkanes of at least 4 members (excludes halogenated alkanes) is 1. The van der Waals surface area contributed by atoms with Gasteiger partial charge in [0, 0.05) is 54.4 Å². The fourth-order valence-corrected chi connectivity index (χ4v) is 5.73. The van der Waals surface area contributed by atoms with E-state index >= 15 is 0 Å². The first-order valence-electron chi connectivity index (χ1n) is 14.0. The van der Waals surface area contributed by atoms with Gasteiger partial charge in [-0.05, 0) is 88.1 Å². The van der Waals surface area contributed by atoms with E-state index in [0.717, 1.165) is 30.6 Å². The zero-order valence-electron chi connectivity index (χ0n) is 24.4. The number of fused-ring (bicyclic) bond motifs is 1. The normalized spacial score (nSPS) is 16.1. The fourth-order valence-electron chi connectivity index (χ4n) is 5.73. The summed E-state index contributed by atoms with van der Waals surface area (Å²) in [5.41, 5.74) is 2.43. The smallest absolute Gasteiger partial charge is 0.167 e. The molecule has 230 valence electrons. The summed E-state index contributed by atoms with van der Waals surface area (Å²) in [5, 5.41) is 33.7. The number of aliphatic hydroxyl groups excluding tert-OH is 2. The third-order valence-corrected chi connectivity index (χ3v) is 7.73. The van der Waals surface area contributed by atoms with Gasteiger partial charge in [-0.1, -0.05) is 0 Å². The van der Waals surface area contributed by atoms with Gasteiger partial charge in [-0.2, -0.15) is 0 Å². The average Bonchev–Trinajstić information content (AvgIpc) is 2.86. The third-order valence-electron chi connectivity index (χ3n) is 7.73. The number of carbonyl (C=O) groups is 4. The molecule has 1 aliphatic rings. The molecule has 10 heteroatoms. The van der Waals surface area contributed by atoms with Gasteiger partial charge in [0.2, 0.25) is 0 Å². The quantitative estimate of drug-likeness (QED) is 0.153. The molecule has 1 aromatic rings. The number of rotatable bonds is 18. The van der Waals surface area contributed by atoms with Crippen LogP contribution in [0.15, 0.2) is 6.07 Å². The van der Waals surface area contributed by atoms with Gasteiger partial charge >= 0.3 is 0 Å². The Bertz CT molecular complexity index is 1040. The molecule has 0 aromatic heterocycles. The number of aromatic hydroxyl groups is 1. The Morgan fingerprint density at radius 2 is 1.85 bits per heavy atom. The molecule has 10 nitrogen and oxygen atoms in total. The monoisotopic (exact) mass is 568 g/mol. The number of aliphatic hydroxyl groups is 2. The summed E-state index contributed by atoms with van der Waals surface area (Å²) >= 11 is 0. The van der Waals surface area contributed by atoms with Crippen molar-refractivity contribution in [2.75, 3.05) is 45.8 Å². The van der Waals surface area contributed by atoms with Crippen LogP contribution in [-0.4, -0.2) is 84.8 Å². The molecule has 6 N–H and O–H groups in total. The summed E-state index contributed by atoms with van der Waals surface area (Å²) in [6.45, 7) is 1.60. The second-order valence-corrected chi connectivity index (χ2v) is 11.1. The number of phenols is 1. The summed E-state index contributed by atoms with van der Waals surface area (Å²) in [6.07, 6.45) is 4.00.